The Morgan fingerprint density at radius 1 is 1.00 bits per heavy atom. The molecule has 0 aliphatic carbocycles. The summed E-state index contributed by atoms with van der Waals surface area (Å²) >= 11 is 5.89. The van der Waals surface area contributed by atoms with E-state index in [1.54, 1.807) is 48.5 Å². The van der Waals surface area contributed by atoms with Crippen LogP contribution in [0.3, 0.4) is 0 Å². The van der Waals surface area contributed by atoms with Gasteiger partial charge in [-0.25, -0.2) is 0 Å². The smallest absolute Gasteiger partial charge is 0.291 e. The molecule has 2 N–H and O–H groups in total. The third-order valence-corrected chi connectivity index (χ3v) is 3.94. The summed E-state index contributed by atoms with van der Waals surface area (Å²) in [7, 11) is 0. The second-order valence-corrected chi connectivity index (χ2v) is 6.22. The third kappa shape index (κ3) is 4.52. The molecule has 26 heavy (non-hydrogen) atoms. The molecule has 1 heterocycles. The first-order chi connectivity index (χ1) is 12.5. The first kappa shape index (κ1) is 17.8. The Kier molecular flexibility index (Phi) is 5.39. The topological polar surface area (TPSA) is 71.3 Å². The van der Waals surface area contributed by atoms with Gasteiger partial charge < -0.3 is 15.1 Å². The van der Waals surface area contributed by atoms with Gasteiger partial charge in [0.25, 0.3) is 11.8 Å². The molecule has 0 fully saturated rings. The Morgan fingerprint density at radius 2 is 1.77 bits per heavy atom. The number of amides is 2. The molecule has 0 aliphatic heterocycles. The molecule has 0 atom stereocenters. The van der Waals surface area contributed by atoms with Gasteiger partial charge in [-0.1, -0.05) is 35.4 Å². The predicted octanol–water partition coefficient (Wildman–Crippen LogP) is 4.42. The Hall–Kier alpha value is -3.05. The van der Waals surface area contributed by atoms with Crippen molar-refractivity contribution in [2.24, 2.45) is 0 Å². The van der Waals surface area contributed by atoms with E-state index in [9.17, 15) is 9.59 Å². The zero-order valence-corrected chi connectivity index (χ0v) is 14.8. The number of anilines is 1. The summed E-state index contributed by atoms with van der Waals surface area (Å²) in [6.07, 6.45) is 0. The van der Waals surface area contributed by atoms with Gasteiger partial charge in [-0.2, -0.15) is 0 Å². The molecule has 1 aromatic heterocycles. The number of halogens is 1. The lowest BCUT2D eigenvalue weighted by Gasteiger charge is -2.04. The van der Waals surface area contributed by atoms with Crippen LogP contribution in [0.15, 0.2) is 65.1 Å². The van der Waals surface area contributed by atoms with Gasteiger partial charge in [-0.3, -0.25) is 9.59 Å². The van der Waals surface area contributed by atoms with Crippen LogP contribution in [0.25, 0.3) is 0 Å². The molecule has 0 spiro atoms. The normalized spacial score (nSPS) is 10.4. The van der Waals surface area contributed by atoms with Crippen LogP contribution >= 0.6 is 11.6 Å². The molecule has 2 aromatic carbocycles. The highest BCUT2D eigenvalue weighted by molar-refractivity contribution is 6.30. The fourth-order valence-electron chi connectivity index (χ4n) is 2.33. The van der Waals surface area contributed by atoms with Crippen LogP contribution < -0.4 is 10.6 Å². The van der Waals surface area contributed by atoms with Crippen molar-refractivity contribution in [2.45, 2.75) is 13.5 Å². The second kappa shape index (κ2) is 7.89. The summed E-state index contributed by atoms with van der Waals surface area (Å²) < 4.78 is 5.49. The van der Waals surface area contributed by atoms with Crippen LogP contribution in [0.4, 0.5) is 5.69 Å². The standard InChI is InChI=1S/C20H17ClN2O3/c1-13-5-7-14(8-6-13)19(24)22-12-17-9-10-18(26-17)20(25)23-16-4-2-3-15(21)11-16/h2-11H,12H2,1H3,(H,22,24)(H,23,25). The lowest BCUT2D eigenvalue weighted by Crippen LogP contribution is -2.22. The lowest BCUT2D eigenvalue weighted by molar-refractivity contribution is 0.0948. The maximum Gasteiger partial charge on any atom is 0.291 e. The number of nitrogens with one attached hydrogen (secondary N) is 2. The van der Waals surface area contributed by atoms with E-state index in [0.717, 1.165) is 5.56 Å². The van der Waals surface area contributed by atoms with E-state index in [2.05, 4.69) is 10.6 Å². The van der Waals surface area contributed by atoms with Crippen molar-refractivity contribution in [1.29, 1.82) is 0 Å². The molecule has 3 aromatic rings. The van der Waals surface area contributed by atoms with Crippen molar-refractivity contribution in [3.63, 3.8) is 0 Å². The zero-order chi connectivity index (χ0) is 18.5. The average Bonchev–Trinajstić information content (AvgIpc) is 3.09. The van der Waals surface area contributed by atoms with Gasteiger partial charge in [0.2, 0.25) is 0 Å². The van der Waals surface area contributed by atoms with Crippen molar-refractivity contribution in [3.05, 3.63) is 88.3 Å². The molecule has 0 saturated carbocycles. The number of hydrogen-bond donors (Lipinski definition) is 2. The summed E-state index contributed by atoms with van der Waals surface area (Å²) in [5, 5.41) is 6.00. The molecular formula is C20H17ClN2O3. The largest absolute Gasteiger partial charge is 0.454 e. The first-order valence-electron chi connectivity index (χ1n) is 8.02. The van der Waals surface area contributed by atoms with E-state index in [1.807, 2.05) is 19.1 Å². The van der Waals surface area contributed by atoms with Gasteiger partial charge in [0.15, 0.2) is 5.76 Å². The average molecular weight is 369 g/mol. The van der Waals surface area contributed by atoms with Crippen molar-refractivity contribution in [2.75, 3.05) is 5.32 Å². The minimum absolute atomic E-state index is 0.157. The van der Waals surface area contributed by atoms with Crippen LogP contribution in [0.1, 0.15) is 32.2 Å². The number of furan rings is 1. The van der Waals surface area contributed by atoms with E-state index in [0.29, 0.717) is 22.0 Å². The molecule has 0 saturated heterocycles. The number of rotatable bonds is 5. The third-order valence-electron chi connectivity index (χ3n) is 3.70. The number of hydrogen-bond acceptors (Lipinski definition) is 3. The van der Waals surface area contributed by atoms with Gasteiger partial charge in [0.1, 0.15) is 5.76 Å². The molecule has 0 radical (unpaired) electrons. The molecule has 0 aliphatic rings. The maximum atomic E-state index is 12.2. The van der Waals surface area contributed by atoms with Crippen LogP contribution in [-0.2, 0) is 6.54 Å². The van der Waals surface area contributed by atoms with Crippen molar-refractivity contribution in [1.82, 2.24) is 5.32 Å². The second-order valence-electron chi connectivity index (χ2n) is 5.78. The fourth-order valence-corrected chi connectivity index (χ4v) is 2.52. The molecule has 6 heteroatoms. The van der Waals surface area contributed by atoms with Crippen LogP contribution in [-0.4, -0.2) is 11.8 Å². The number of carbonyl (C=O) groups excluding carboxylic acids is 2. The van der Waals surface area contributed by atoms with Gasteiger partial charge in [-0.05, 0) is 49.4 Å². The van der Waals surface area contributed by atoms with E-state index in [1.165, 1.54) is 0 Å². The Morgan fingerprint density at radius 3 is 2.50 bits per heavy atom. The number of aryl methyl sites for hydroxylation is 1. The highest BCUT2D eigenvalue weighted by Gasteiger charge is 2.13. The van der Waals surface area contributed by atoms with Crippen molar-refractivity contribution < 1.29 is 14.0 Å². The van der Waals surface area contributed by atoms with Gasteiger partial charge in [0, 0.05) is 16.3 Å². The van der Waals surface area contributed by atoms with Crippen molar-refractivity contribution in [3.8, 4) is 0 Å². The lowest BCUT2D eigenvalue weighted by atomic mass is 10.1. The van der Waals surface area contributed by atoms with Gasteiger partial charge >= 0.3 is 0 Å². The summed E-state index contributed by atoms with van der Waals surface area (Å²) in [6.45, 7) is 2.15. The summed E-state index contributed by atoms with van der Waals surface area (Å²) in [5.41, 5.74) is 2.23. The first-order valence-corrected chi connectivity index (χ1v) is 8.39. The molecule has 0 bridgehead atoms. The monoisotopic (exact) mass is 368 g/mol. The molecule has 0 unspecified atom stereocenters. The Bertz CT molecular complexity index is 932. The summed E-state index contributed by atoms with van der Waals surface area (Å²) in [4.78, 5) is 24.3. The predicted molar refractivity (Wildman–Crippen MR) is 100 cm³/mol. The van der Waals surface area contributed by atoms with Crippen LogP contribution in [0.5, 0.6) is 0 Å². The van der Waals surface area contributed by atoms with Crippen LogP contribution in [0, 0.1) is 6.92 Å². The molecule has 2 amide bonds. The highest BCUT2D eigenvalue weighted by atomic mass is 35.5. The number of carbonyl (C=O) groups is 2. The van der Waals surface area contributed by atoms with E-state index >= 15 is 0 Å². The zero-order valence-electron chi connectivity index (χ0n) is 14.1. The summed E-state index contributed by atoms with van der Waals surface area (Å²) in [5.74, 6) is 0.0565. The van der Waals surface area contributed by atoms with E-state index in [4.69, 9.17) is 16.0 Å². The summed E-state index contributed by atoms with van der Waals surface area (Å²) in [6, 6.07) is 17.3. The van der Waals surface area contributed by atoms with Gasteiger partial charge in [-0.15, -0.1) is 0 Å². The molecular weight excluding hydrogens is 352 g/mol. The number of benzene rings is 2. The van der Waals surface area contributed by atoms with E-state index < -0.39 is 0 Å². The Balaban J connectivity index is 1.58. The van der Waals surface area contributed by atoms with Crippen molar-refractivity contribution >= 4 is 29.1 Å². The van der Waals surface area contributed by atoms with E-state index in [-0.39, 0.29) is 24.1 Å². The van der Waals surface area contributed by atoms with Gasteiger partial charge in [0.05, 0.1) is 6.54 Å². The minimum atomic E-state index is -0.386. The maximum absolute atomic E-state index is 12.2. The highest BCUT2D eigenvalue weighted by Crippen LogP contribution is 2.17. The SMILES string of the molecule is Cc1ccc(C(=O)NCc2ccc(C(=O)Nc3cccc(Cl)c3)o2)cc1. The fraction of sp³-hybridized carbons (Fsp3) is 0.100. The molecule has 132 valence electrons. The minimum Gasteiger partial charge on any atom is -0.454 e. The Labute approximate surface area is 156 Å². The molecule has 3 rings (SSSR count). The quantitative estimate of drug-likeness (QED) is 0.700. The van der Waals surface area contributed by atoms with Crippen LogP contribution in [0.2, 0.25) is 5.02 Å². The molecule has 5 nitrogen and oxygen atoms in total.